The molecule has 0 unspecified atom stereocenters. The normalized spacial score (nSPS) is 10.9. The molecule has 0 aliphatic carbocycles. The number of carbonyl (C=O) groups excluding carboxylic acids is 1. The van der Waals surface area contributed by atoms with Crippen LogP contribution in [0.4, 0.5) is 4.79 Å². The van der Waals surface area contributed by atoms with Crippen molar-refractivity contribution >= 4 is 12.0 Å². The van der Waals surface area contributed by atoms with E-state index in [2.05, 4.69) is 15.6 Å². The van der Waals surface area contributed by atoms with Crippen molar-refractivity contribution in [1.82, 2.24) is 15.6 Å². The first-order valence-electron chi connectivity index (χ1n) is 6.65. The minimum atomic E-state index is -1.22. The highest BCUT2D eigenvalue weighted by Gasteiger charge is 2.36. The molecule has 0 atom stereocenters. The van der Waals surface area contributed by atoms with Gasteiger partial charge in [0.15, 0.2) is 0 Å². The first kappa shape index (κ1) is 15.9. The maximum Gasteiger partial charge on any atom is 0.329 e. The molecule has 0 aliphatic rings. The molecule has 20 heavy (non-hydrogen) atoms. The molecule has 0 fully saturated rings. The van der Waals surface area contributed by atoms with Gasteiger partial charge in [-0.1, -0.05) is 19.9 Å². The highest BCUT2D eigenvalue weighted by Crippen LogP contribution is 2.15. The summed E-state index contributed by atoms with van der Waals surface area (Å²) in [6, 6.07) is 3.23. The smallest absolute Gasteiger partial charge is 0.329 e. The van der Waals surface area contributed by atoms with Gasteiger partial charge in [0.05, 0.1) is 12.2 Å². The van der Waals surface area contributed by atoms with E-state index in [1.54, 1.807) is 20.0 Å². The number of aromatic nitrogens is 1. The van der Waals surface area contributed by atoms with Gasteiger partial charge in [0, 0.05) is 6.20 Å². The van der Waals surface area contributed by atoms with Crippen LogP contribution in [0, 0.1) is 6.92 Å². The van der Waals surface area contributed by atoms with E-state index in [-0.39, 0.29) is 6.54 Å². The van der Waals surface area contributed by atoms with E-state index in [1.807, 2.05) is 19.1 Å². The second kappa shape index (κ2) is 6.88. The SMILES string of the molecule is CCC(CC)(NC(=O)NCc1ncccc1C)C(=O)O. The van der Waals surface area contributed by atoms with Crippen LogP contribution >= 0.6 is 0 Å². The molecule has 0 aromatic carbocycles. The van der Waals surface area contributed by atoms with Crippen molar-refractivity contribution in [3.63, 3.8) is 0 Å². The number of aliphatic carboxylic acids is 1. The summed E-state index contributed by atoms with van der Waals surface area (Å²) in [5.41, 5.74) is 0.517. The summed E-state index contributed by atoms with van der Waals surface area (Å²) in [5.74, 6) is -1.02. The van der Waals surface area contributed by atoms with Crippen LogP contribution in [0.15, 0.2) is 18.3 Å². The molecule has 0 spiro atoms. The standard InChI is InChI=1S/C14H21N3O3/c1-4-14(5-2,12(18)19)17-13(20)16-9-11-10(3)7-6-8-15-11/h6-8H,4-5,9H2,1-3H3,(H,18,19)(H2,16,17,20). The second-order valence-electron chi connectivity index (χ2n) is 4.67. The average molecular weight is 279 g/mol. The van der Waals surface area contributed by atoms with Gasteiger partial charge in [0.1, 0.15) is 5.54 Å². The monoisotopic (exact) mass is 279 g/mol. The molecule has 0 radical (unpaired) electrons. The number of rotatable bonds is 6. The summed E-state index contributed by atoms with van der Waals surface area (Å²) in [6.07, 6.45) is 2.31. The quantitative estimate of drug-likeness (QED) is 0.741. The minimum absolute atomic E-state index is 0.266. The predicted molar refractivity (Wildman–Crippen MR) is 75.3 cm³/mol. The topological polar surface area (TPSA) is 91.3 Å². The van der Waals surface area contributed by atoms with E-state index in [4.69, 9.17) is 0 Å². The molecule has 0 saturated carbocycles. The van der Waals surface area contributed by atoms with Crippen LogP contribution in [0.3, 0.4) is 0 Å². The number of hydrogen-bond acceptors (Lipinski definition) is 3. The van der Waals surface area contributed by atoms with Gasteiger partial charge in [-0.15, -0.1) is 0 Å². The van der Waals surface area contributed by atoms with E-state index in [9.17, 15) is 14.7 Å². The third-order valence-electron chi connectivity index (χ3n) is 3.50. The van der Waals surface area contributed by atoms with Crippen molar-refractivity contribution in [2.75, 3.05) is 0 Å². The zero-order valence-electron chi connectivity index (χ0n) is 12.1. The molecule has 0 bridgehead atoms. The maximum absolute atomic E-state index is 11.9. The Kier molecular flexibility index (Phi) is 5.49. The number of nitrogens with one attached hydrogen (secondary N) is 2. The highest BCUT2D eigenvalue weighted by atomic mass is 16.4. The lowest BCUT2D eigenvalue weighted by atomic mass is 9.93. The van der Waals surface area contributed by atoms with Crippen LogP contribution in [-0.2, 0) is 11.3 Å². The molecule has 1 aromatic rings. The van der Waals surface area contributed by atoms with Gasteiger partial charge in [-0.25, -0.2) is 9.59 Å². The van der Waals surface area contributed by atoms with Gasteiger partial charge in [-0.05, 0) is 31.4 Å². The van der Waals surface area contributed by atoms with Crippen LogP contribution in [0.2, 0.25) is 0 Å². The molecule has 1 heterocycles. The van der Waals surface area contributed by atoms with Crippen molar-refractivity contribution in [3.05, 3.63) is 29.6 Å². The fourth-order valence-electron chi connectivity index (χ4n) is 1.91. The molecular formula is C14H21N3O3. The number of carboxylic acids is 1. The average Bonchev–Trinajstić information content (AvgIpc) is 2.43. The predicted octanol–water partition coefficient (Wildman–Crippen LogP) is 1.83. The molecule has 6 nitrogen and oxygen atoms in total. The summed E-state index contributed by atoms with van der Waals surface area (Å²) >= 11 is 0. The van der Waals surface area contributed by atoms with E-state index in [1.165, 1.54) is 0 Å². The fourth-order valence-corrected chi connectivity index (χ4v) is 1.91. The lowest BCUT2D eigenvalue weighted by Crippen LogP contribution is -2.56. The Hall–Kier alpha value is -2.11. The molecule has 1 rings (SSSR count). The molecule has 6 heteroatoms. The summed E-state index contributed by atoms with van der Waals surface area (Å²) in [5, 5.41) is 14.4. The first-order chi connectivity index (χ1) is 9.45. The fraction of sp³-hybridized carbons (Fsp3) is 0.500. The third kappa shape index (κ3) is 3.69. The van der Waals surface area contributed by atoms with Gasteiger partial charge in [0.25, 0.3) is 0 Å². The van der Waals surface area contributed by atoms with E-state index in [0.717, 1.165) is 11.3 Å². The Morgan fingerprint density at radius 1 is 1.35 bits per heavy atom. The van der Waals surface area contributed by atoms with Crippen LogP contribution in [0.5, 0.6) is 0 Å². The summed E-state index contributed by atoms with van der Waals surface area (Å²) in [6.45, 7) is 5.64. The zero-order valence-corrected chi connectivity index (χ0v) is 12.1. The van der Waals surface area contributed by atoms with Gasteiger partial charge in [-0.3, -0.25) is 4.98 Å². The summed E-state index contributed by atoms with van der Waals surface area (Å²) < 4.78 is 0. The van der Waals surface area contributed by atoms with Crippen molar-refractivity contribution in [3.8, 4) is 0 Å². The van der Waals surface area contributed by atoms with E-state index in [0.29, 0.717) is 12.8 Å². The van der Waals surface area contributed by atoms with E-state index < -0.39 is 17.5 Å². The molecule has 1 aromatic heterocycles. The Balaban J connectivity index is 2.64. The molecule has 0 aliphatic heterocycles. The van der Waals surface area contributed by atoms with Crippen LogP contribution in [-0.4, -0.2) is 27.6 Å². The van der Waals surface area contributed by atoms with E-state index >= 15 is 0 Å². The van der Waals surface area contributed by atoms with Crippen LogP contribution in [0.25, 0.3) is 0 Å². The Morgan fingerprint density at radius 2 is 2.00 bits per heavy atom. The second-order valence-corrected chi connectivity index (χ2v) is 4.67. The van der Waals surface area contributed by atoms with Crippen molar-refractivity contribution < 1.29 is 14.7 Å². The summed E-state index contributed by atoms with van der Waals surface area (Å²) in [4.78, 5) is 27.3. The van der Waals surface area contributed by atoms with Crippen molar-refractivity contribution in [2.45, 2.75) is 45.7 Å². The number of carboxylic acid groups (broad SMARTS) is 1. The third-order valence-corrected chi connectivity index (χ3v) is 3.50. The largest absolute Gasteiger partial charge is 0.480 e. The zero-order chi connectivity index (χ0) is 15.2. The Morgan fingerprint density at radius 3 is 2.50 bits per heavy atom. The number of pyridine rings is 1. The maximum atomic E-state index is 11.9. The Bertz CT molecular complexity index is 484. The molecule has 0 saturated heterocycles. The molecule has 3 N–H and O–H groups in total. The Labute approximate surface area is 118 Å². The van der Waals surface area contributed by atoms with Gasteiger partial charge >= 0.3 is 12.0 Å². The minimum Gasteiger partial charge on any atom is -0.480 e. The number of aryl methyl sites for hydroxylation is 1. The lowest BCUT2D eigenvalue weighted by molar-refractivity contribution is -0.144. The van der Waals surface area contributed by atoms with Crippen LogP contribution in [0.1, 0.15) is 37.9 Å². The van der Waals surface area contributed by atoms with Crippen molar-refractivity contribution in [1.29, 1.82) is 0 Å². The molecule has 110 valence electrons. The first-order valence-corrected chi connectivity index (χ1v) is 6.65. The number of amides is 2. The van der Waals surface area contributed by atoms with Crippen molar-refractivity contribution in [2.24, 2.45) is 0 Å². The molecular weight excluding hydrogens is 258 g/mol. The molecule has 2 amide bonds. The number of nitrogens with zero attached hydrogens (tertiary/aromatic N) is 1. The lowest BCUT2D eigenvalue weighted by Gasteiger charge is -2.28. The highest BCUT2D eigenvalue weighted by molar-refractivity contribution is 5.86. The summed E-state index contributed by atoms with van der Waals surface area (Å²) in [7, 11) is 0. The van der Waals surface area contributed by atoms with Gasteiger partial charge in [-0.2, -0.15) is 0 Å². The van der Waals surface area contributed by atoms with Crippen LogP contribution < -0.4 is 10.6 Å². The van der Waals surface area contributed by atoms with Gasteiger partial charge < -0.3 is 15.7 Å². The number of urea groups is 1. The number of hydrogen-bond donors (Lipinski definition) is 3. The number of carbonyl (C=O) groups is 2. The van der Waals surface area contributed by atoms with Gasteiger partial charge in [0.2, 0.25) is 0 Å².